The number of amides is 2. The maximum absolute atomic E-state index is 13.8. The average molecular weight is 466 g/mol. The van der Waals surface area contributed by atoms with Crippen molar-refractivity contribution in [3.8, 4) is 0 Å². The summed E-state index contributed by atoms with van der Waals surface area (Å²) in [5, 5.41) is 0.902. The Morgan fingerprint density at radius 1 is 1.09 bits per heavy atom. The molecule has 0 radical (unpaired) electrons. The Kier molecular flexibility index (Phi) is 6.12. The summed E-state index contributed by atoms with van der Waals surface area (Å²) in [6.45, 7) is 1.61. The molecule has 6 nitrogen and oxygen atoms in total. The average Bonchev–Trinajstić information content (AvgIpc) is 3.08. The van der Waals surface area contributed by atoms with E-state index in [1.165, 1.54) is 24.8 Å². The van der Waals surface area contributed by atoms with Crippen molar-refractivity contribution in [1.29, 1.82) is 0 Å². The van der Waals surface area contributed by atoms with Crippen LogP contribution in [0.2, 0.25) is 0 Å². The molecule has 5 rings (SSSR count). The minimum absolute atomic E-state index is 0.0199. The lowest BCUT2D eigenvalue weighted by molar-refractivity contribution is 0.0172. The van der Waals surface area contributed by atoms with Gasteiger partial charge in [0.1, 0.15) is 17.2 Å². The number of benzene rings is 1. The summed E-state index contributed by atoms with van der Waals surface area (Å²) in [4.78, 5) is 29.2. The quantitative estimate of drug-likeness (QED) is 0.443. The van der Waals surface area contributed by atoms with Gasteiger partial charge in [0.05, 0.1) is 12.1 Å². The minimum Gasteiger partial charge on any atom is -0.317 e. The van der Waals surface area contributed by atoms with Crippen molar-refractivity contribution in [3.63, 3.8) is 0 Å². The topological polar surface area (TPSA) is 52.6 Å². The van der Waals surface area contributed by atoms with Crippen LogP contribution in [0.25, 0.3) is 0 Å². The highest BCUT2D eigenvalue weighted by atomic mass is 32.2. The number of carbonyl (C=O) groups is 1. The van der Waals surface area contributed by atoms with E-state index in [-0.39, 0.29) is 17.1 Å². The number of urea groups is 1. The fourth-order valence-corrected chi connectivity index (χ4v) is 6.44. The molecule has 1 aliphatic heterocycles. The lowest BCUT2D eigenvalue weighted by Crippen LogP contribution is -2.56. The molecule has 176 valence electrons. The molecule has 1 aromatic heterocycles. The molecule has 33 heavy (non-hydrogen) atoms. The number of thioether (sulfide) groups is 1. The highest BCUT2D eigenvalue weighted by molar-refractivity contribution is 7.98. The number of nitrogens with zero attached hydrogens (tertiary/aromatic N) is 5. The maximum atomic E-state index is 13.8. The molecule has 0 N–H and O–H groups in total. The number of anilines is 1. The van der Waals surface area contributed by atoms with Gasteiger partial charge in [0.2, 0.25) is 0 Å². The SMILES string of the molecule is CSc1cc(N2C[C@]3(CC[C@](c4ccccc4)(N(C)C)CC3)N(CC3CCC3)C2=O)ncn1. The highest BCUT2D eigenvalue weighted by Gasteiger charge is 2.55. The molecule has 1 spiro atoms. The lowest BCUT2D eigenvalue weighted by atomic mass is 9.68. The van der Waals surface area contributed by atoms with Gasteiger partial charge < -0.3 is 4.90 Å². The van der Waals surface area contributed by atoms with E-state index in [2.05, 4.69) is 64.2 Å². The van der Waals surface area contributed by atoms with E-state index in [9.17, 15) is 4.79 Å². The van der Waals surface area contributed by atoms with Gasteiger partial charge in [-0.25, -0.2) is 14.8 Å². The first-order valence-electron chi connectivity index (χ1n) is 12.2. The first kappa shape index (κ1) is 22.7. The van der Waals surface area contributed by atoms with Crippen LogP contribution in [0, 0.1) is 5.92 Å². The summed E-state index contributed by atoms with van der Waals surface area (Å²) in [5.74, 6) is 1.38. The minimum atomic E-state index is -0.120. The van der Waals surface area contributed by atoms with E-state index in [0.29, 0.717) is 5.92 Å². The van der Waals surface area contributed by atoms with Gasteiger partial charge in [0, 0.05) is 18.2 Å². The summed E-state index contributed by atoms with van der Waals surface area (Å²) in [7, 11) is 4.40. The van der Waals surface area contributed by atoms with Crippen molar-refractivity contribution in [1.82, 2.24) is 19.8 Å². The first-order chi connectivity index (χ1) is 16.0. The molecular formula is C26H35N5OS. The van der Waals surface area contributed by atoms with Gasteiger partial charge in [-0.1, -0.05) is 36.8 Å². The summed E-state index contributed by atoms with van der Waals surface area (Å²) in [6.07, 6.45) is 11.5. The van der Waals surface area contributed by atoms with Crippen LogP contribution in [0.1, 0.15) is 50.5 Å². The molecule has 2 heterocycles. The van der Waals surface area contributed by atoms with Gasteiger partial charge in [0.25, 0.3) is 0 Å². The van der Waals surface area contributed by atoms with Crippen LogP contribution in [0.3, 0.4) is 0 Å². The lowest BCUT2D eigenvalue weighted by Gasteiger charge is -2.51. The van der Waals surface area contributed by atoms with Crippen LogP contribution in [0.15, 0.2) is 47.8 Å². The van der Waals surface area contributed by atoms with Crippen LogP contribution in [-0.4, -0.2) is 64.8 Å². The second kappa shape index (κ2) is 8.91. The molecule has 1 saturated heterocycles. The molecule has 1 aromatic carbocycles. The second-order valence-corrected chi connectivity index (χ2v) is 11.0. The van der Waals surface area contributed by atoms with Crippen molar-refractivity contribution < 1.29 is 4.79 Å². The van der Waals surface area contributed by atoms with E-state index in [1.54, 1.807) is 18.1 Å². The predicted octanol–water partition coefficient (Wildman–Crippen LogP) is 5.01. The third-order valence-corrected chi connectivity index (χ3v) is 9.08. The zero-order chi connectivity index (χ0) is 23.1. The molecule has 3 aliphatic rings. The normalized spacial score (nSPS) is 28.1. The third-order valence-electron chi connectivity index (χ3n) is 8.44. The molecule has 2 aliphatic carbocycles. The van der Waals surface area contributed by atoms with Crippen molar-refractivity contribution in [2.75, 3.05) is 38.3 Å². The zero-order valence-corrected chi connectivity index (χ0v) is 20.9. The molecule has 0 unspecified atom stereocenters. The van der Waals surface area contributed by atoms with Crippen molar-refractivity contribution >= 4 is 23.6 Å². The van der Waals surface area contributed by atoms with E-state index in [1.807, 2.05) is 17.2 Å². The van der Waals surface area contributed by atoms with E-state index >= 15 is 0 Å². The van der Waals surface area contributed by atoms with E-state index in [4.69, 9.17) is 0 Å². The van der Waals surface area contributed by atoms with Gasteiger partial charge in [0.15, 0.2) is 0 Å². The zero-order valence-electron chi connectivity index (χ0n) is 20.0. The molecular weight excluding hydrogens is 430 g/mol. The van der Waals surface area contributed by atoms with E-state index < -0.39 is 0 Å². The Morgan fingerprint density at radius 2 is 1.82 bits per heavy atom. The van der Waals surface area contributed by atoms with Crippen LogP contribution in [0.4, 0.5) is 10.6 Å². The Morgan fingerprint density at radius 3 is 2.42 bits per heavy atom. The highest BCUT2D eigenvalue weighted by Crippen LogP contribution is 2.50. The maximum Gasteiger partial charge on any atom is 0.326 e. The second-order valence-electron chi connectivity index (χ2n) is 10.2. The van der Waals surface area contributed by atoms with Crippen molar-refractivity contribution in [2.45, 2.75) is 61.0 Å². The first-order valence-corrected chi connectivity index (χ1v) is 13.4. The number of hydrogen-bond donors (Lipinski definition) is 0. The van der Waals surface area contributed by atoms with E-state index in [0.717, 1.165) is 49.6 Å². The van der Waals surface area contributed by atoms with Crippen LogP contribution >= 0.6 is 11.8 Å². The fourth-order valence-electron chi connectivity index (χ4n) is 6.07. The summed E-state index contributed by atoms with van der Waals surface area (Å²) in [6, 6.07) is 13.0. The Balaban J connectivity index is 1.45. The molecule has 3 fully saturated rings. The molecule has 7 heteroatoms. The number of carbonyl (C=O) groups excluding carboxylic acids is 1. The van der Waals surface area contributed by atoms with Gasteiger partial charge in [-0.05, 0) is 70.4 Å². The van der Waals surface area contributed by atoms with Crippen LogP contribution in [-0.2, 0) is 5.54 Å². The Labute approximate surface area is 201 Å². The van der Waals surface area contributed by atoms with Gasteiger partial charge in [-0.15, -0.1) is 11.8 Å². The summed E-state index contributed by atoms with van der Waals surface area (Å²) in [5.41, 5.74) is 1.29. The monoisotopic (exact) mass is 465 g/mol. The standard InChI is InChI=1S/C26H35N5OS/c1-29(2)26(21-10-5-4-6-11-21)14-12-25(13-15-26)18-30(22-16-23(33-3)28-19-27-22)24(32)31(25)17-20-8-7-9-20/h4-6,10-11,16,19-20H,7-9,12-15,17-18H2,1-3H3/t25-,26+. The third kappa shape index (κ3) is 3.93. The van der Waals surface area contributed by atoms with Crippen molar-refractivity contribution in [3.05, 3.63) is 48.3 Å². The van der Waals surface area contributed by atoms with Crippen LogP contribution in [0.5, 0.6) is 0 Å². The fraction of sp³-hybridized carbons (Fsp3) is 0.577. The van der Waals surface area contributed by atoms with Crippen LogP contribution < -0.4 is 4.90 Å². The molecule has 2 aromatic rings. The smallest absolute Gasteiger partial charge is 0.317 e. The predicted molar refractivity (Wildman–Crippen MR) is 134 cm³/mol. The number of rotatable bonds is 6. The Hall–Kier alpha value is -2.12. The van der Waals surface area contributed by atoms with Gasteiger partial charge >= 0.3 is 6.03 Å². The van der Waals surface area contributed by atoms with Gasteiger partial charge in [-0.3, -0.25) is 9.80 Å². The molecule has 2 amide bonds. The summed E-state index contributed by atoms with van der Waals surface area (Å²) < 4.78 is 0. The Bertz CT molecular complexity index is 985. The molecule has 2 saturated carbocycles. The summed E-state index contributed by atoms with van der Waals surface area (Å²) >= 11 is 1.59. The number of hydrogen-bond acceptors (Lipinski definition) is 5. The molecule has 0 bridgehead atoms. The molecule has 0 atom stereocenters. The largest absolute Gasteiger partial charge is 0.326 e. The number of aromatic nitrogens is 2. The van der Waals surface area contributed by atoms with Crippen molar-refractivity contribution in [2.24, 2.45) is 5.92 Å². The van der Waals surface area contributed by atoms with Gasteiger partial charge in [-0.2, -0.15) is 0 Å².